The molecule has 0 bridgehead atoms. The van der Waals surface area contributed by atoms with Gasteiger partial charge in [-0.2, -0.15) is 0 Å². The molecule has 2 aromatic heterocycles. The monoisotopic (exact) mass is 782 g/mol. The van der Waals surface area contributed by atoms with Gasteiger partial charge in [0.25, 0.3) is 5.56 Å². The molecular formula is C32H36N2O6U. The number of carboxylic acid groups (broad SMARTS) is 1. The van der Waals surface area contributed by atoms with Crippen molar-refractivity contribution in [3.8, 4) is 22.6 Å². The number of nitrogens with zero attached hydrogens (tertiary/aromatic N) is 2. The van der Waals surface area contributed by atoms with Crippen molar-refractivity contribution in [2.45, 2.75) is 58.8 Å². The van der Waals surface area contributed by atoms with Crippen LogP contribution in [0.2, 0.25) is 0 Å². The molecule has 214 valence electrons. The first-order valence-corrected chi connectivity index (χ1v) is 13.5. The van der Waals surface area contributed by atoms with Crippen LogP contribution in [0.4, 0.5) is 0 Å². The van der Waals surface area contributed by atoms with E-state index in [-0.39, 0.29) is 36.7 Å². The molecule has 8 nitrogen and oxygen atoms in total. The standard InChI is InChI=1S/C32H36N2O6.U/c1-19-22-8-7-17-39-25(22)14-13-23(19)26-24-15-16-34(18-20-9-11-21(38-6)12-10-20)27(24)30(35)33(5)28(26)29(31(36)37)40-32(2,3)4;/h9-16,29H,7-8,17-18H2,1-6H3,(H,36,37);. The summed E-state index contributed by atoms with van der Waals surface area (Å²) in [4.78, 5) is 26.7. The van der Waals surface area contributed by atoms with Crippen LogP contribution < -0.4 is 15.0 Å². The number of aliphatic carboxylic acids is 1. The van der Waals surface area contributed by atoms with E-state index in [0.717, 1.165) is 46.6 Å². The first-order valence-electron chi connectivity index (χ1n) is 13.5. The number of carbonyl (C=O) groups is 1. The van der Waals surface area contributed by atoms with Crippen molar-refractivity contribution in [1.29, 1.82) is 0 Å². The Hall–Kier alpha value is -2.99. The molecule has 9 heteroatoms. The average Bonchev–Trinajstić information content (AvgIpc) is 3.33. The minimum Gasteiger partial charge on any atom is -0.497 e. The SMILES string of the molecule is COc1ccc(Cn2ccc3c(-c4ccc5c(c4C)CCCO5)c(C(OC(C)(C)C)C(=O)O)n(C)c(=O)c32)cc1.[U]. The number of hydrogen-bond acceptors (Lipinski definition) is 5. The molecule has 0 saturated heterocycles. The molecule has 0 saturated carbocycles. The van der Waals surface area contributed by atoms with Crippen molar-refractivity contribution in [3.05, 3.63) is 81.4 Å². The van der Waals surface area contributed by atoms with Gasteiger partial charge >= 0.3 is 5.97 Å². The number of hydrogen-bond donors (Lipinski definition) is 1. The van der Waals surface area contributed by atoms with Crippen LogP contribution in [0, 0.1) is 38.0 Å². The fourth-order valence-corrected chi connectivity index (χ4v) is 5.59. The summed E-state index contributed by atoms with van der Waals surface area (Å²) in [5, 5.41) is 11.1. The zero-order valence-corrected chi connectivity index (χ0v) is 28.6. The molecule has 1 aliphatic heterocycles. The van der Waals surface area contributed by atoms with Crippen LogP contribution in [0.3, 0.4) is 0 Å². The third kappa shape index (κ3) is 5.99. The number of methoxy groups -OCH3 is 1. The maximum Gasteiger partial charge on any atom is 0.339 e. The van der Waals surface area contributed by atoms with E-state index in [9.17, 15) is 14.7 Å². The van der Waals surface area contributed by atoms with Gasteiger partial charge in [-0.15, -0.1) is 0 Å². The average molecular weight is 783 g/mol. The van der Waals surface area contributed by atoms with Crippen molar-refractivity contribution in [3.63, 3.8) is 0 Å². The van der Waals surface area contributed by atoms with Gasteiger partial charge < -0.3 is 28.5 Å². The van der Waals surface area contributed by atoms with Crippen LogP contribution in [0.25, 0.3) is 22.0 Å². The molecule has 1 N–H and O–H groups in total. The van der Waals surface area contributed by atoms with Gasteiger partial charge in [-0.05, 0) is 87.1 Å². The van der Waals surface area contributed by atoms with Crippen molar-refractivity contribution >= 4 is 16.9 Å². The summed E-state index contributed by atoms with van der Waals surface area (Å²) in [5.74, 6) is 0.462. The van der Waals surface area contributed by atoms with Gasteiger partial charge in [0.05, 0.1) is 25.0 Å². The Labute approximate surface area is 263 Å². The Bertz CT molecular complexity index is 1650. The topological polar surface area (TPSA) is 91.9 Å². The molecule has 0 radical (unpaired) electrons. The number of fused-ring (bicyclic) bond motifs is 2. The molecule has 5 rings (SSSR count). The van der Waals surface area contributed by atoms with Gasteiger partial charge in [0.1, 0.15) is 17.0 Å². The summed E-state index contributed by atoms with van der Waals surface area (Å²) in [5.41, 5.74) is 4.47. The normalized spacial score (nSPS) is 13.7. The van der Waals surface area contributed by atoms with E-state index in [0.29, 0.717) is 35.3 Å². The van der Waals surface area contributed by atoms with Crippen LogP contribution in [0.1, 0.15) is 55.7 Å². The van der Waals surface area contributed by atoms with Crippen molar-refractivity contribution in [2.75, 3.05) is 13.7 Å². The number of ether oxygens (including phenoxy) is 3. The quantitative estimate of drug-likeness (QED) is 0.261. The summed E-state index contributed by atoms with van der Waals surface area (Å²) < 4.78 is 20.7. The second kappa shape index (κ2) is 12.1. The number of rotatable bonds is 7. The van der Waals surface area contributed by atoms with Gasteiger partial charge in [-0.1, -0.05) is 18.2 Å². The molecular weight excluding hydrogens is 746 g/mol. The Kier molecular flexibility index (Phi) is 9.13. The van der Waals surface area contributed by atoms with Crippen LogP contribution in [-0.2, 0) is 29.5 Å². The zero-order chi connectivity index (χ0) is 28.8. The smallest absolute Gasteiger partial charge is 0.339 e. The molecule has 3 heterocycles. The van der Waals surface area contributed by atoms with E-state index in [1.165, 1.54) is 4.57 Å². The number of carboxylic acids is 1. The summed E-state index contributed by atoms with van der Waals surface area (Å²) in [6.07, 6.45) is 2.32. The minimum atomic E-state index is -1.35. The molecule has 0 fully saturated rings. The number of pyridine rings is 1. The third-order valence-electron chi connectivity index (χ3n) is 7.47. The predicted octanol–water partition coefficient (Wildman–Crippen LogP) is 5.64. The molecule has 4 aromatic rings. The Morgan fingerprint density at radius 3 is 2.46 bits per heavy atom. The van der Waals surface area contributed by atoms with Crippen molar-refractivity contribution in [2.24, 2.45) is 7.05 Å². The van der Waals surface area contributed by atoms with E-state index in [2.05, 4.69) is 0 Å². The molecule has 2 aromatic carbocycles. The van der Waals surface area contributed by atoms with Crippen molar-refractivity contribution < 1.29 is 55.2 Å². The maximum atomic E-state index is 14.0. The fourth-order valence-electron chi connectivity index (χ4n) is 5.59. The van der Waals surface area contributed by atoms with Gasteiger partial charge in [0, 0.05) is 61.9 Å². The Balaban J connectivity index is 0.00000387. The van der Waals surface area contributed by atoms with Crippen LogP contribution in [0.5, 0.6) is 11.5 Å². The molecule has 41 heavy (non-hydrogen) atoms. The Morgan fingerprint density at radius 1 is 1.12 bits per heavy atom. The summed E-state index contributed by atoms with van der Waals surface area (Å²) >= 11 is 0. The molecule has 0 amide bonds. The summed E-state index contributed by atoms with van der Waals surface area (Å²) in [7, 11) is 3.25. The fraction of sp³-hybridized carbons (Fsp3) is 0.375. The number of benzene rings is 2. The Morgan fingerprint density at radius 2 is 1.83 bits per heavy atom. The first kappa shape index (κ1) is 31.0. The maximum absolute atomic E-state index is 14.0. The van der Waals surface area contributed by atoms with Gasteiger partial charge in [0.15, 0.2) is 6.10 Å². The predicted molar refractivity (Wildman–Crippen MR) is 154 cm³/mol. The molecule has 1 unspecified atom stereocenters. The van der Waals surface area contributed by atoms with E-state index < -0.39 is 17.7 Å². The van der Waals surface area contributed by atoms with E-state index >= 15 is 0 Å². The van der Waals surface area contributed by atoms with Crippen LogP contribution in [-0.4, -0.2) is 39.5 Å². The van der Waals surface area contributed by atoms with Crippen LogP contribution in [0.15, 0.2) is 53.5 Å². The second-order valence-corrected chi connectivity index (χ2v) is 11.3. The third-order valence-corrected chi connectivity index (χ3v) is 7.47. The largest absolute Gasteiger partial charge is 0.497 e. The summed E-state index contributed by atoms with van der Waals surface area (Å²) in [6, 6.07) is 13.5. The van der Waals surface area contributed by atoms with E-state index in [4.69, 9.17) is 14.2 Å². The summed E-state index contributed by atoms with van der Waals surface area (Å²) in [6.45, 7) is 8.62. The second-order valence-electron chi connectivity index (χ2n) is 11.3. The number of aromatic nitrogens is 2. The molecule has 1 atom stereocenters. The van der Waals surface area contributed by atoms with Gasteiger partial charge in [-0.25, -0.2) is 4.79 Å². The molecule has 0 spiro atoms. The van der Waals surface area contributed by atoms with E-state index in [1.54, 1.807) is 14.2 Å². The molecule has 0 aliphatic carbocycles. The molecule has 1 aliphatic rings. The van der Waals surface area contributed by atoms with Gasteiger partial charge in [-0.3, -0.25) is 4.79 Å². The van der Waals surface area contributed by atoms with Gasteiger partial charge in [0.2, 0.25) is 0 Å². The first-order chi connectivity index (χ1) is 19.0. The van der Waals surface area contributed by atoms with Crippen LogP contribution >= 0.6 is 0 Å². The van der Waals surface area contributed by atoms with Crippen molar-refractivity contribution in [1.82, 2.24) is 9.13 Å². The van der Waals surface area contributed by atoms with E-state index in [1.807, 2.05) is 80.9 Å². The zero-order valence-electron chi connectivity index (χ0n) is 24.4. The minimum absolute atomic E-state index is 0.